The fourth-order valence-electron chi connectivity index (χ4n) is 6.72. The molecule has 0 spiro atoms. The molecule has 1 atom stereocenters. The summed E-state index contributed by atoms with van der Waals surface area (Å²) < 4.78 is 29.0. The average Bonchev–Trinajstić information content (AvgIpc) is 3.20. The van der Waals surface area contributed by atoms with Gasteiger partial charge in [-0.25, -0.2) is 13.1 Å². The van der Waals surface area contributed by atoms with Gasteiger partial charge in [0.05, 0.1) is 10.6 Å². The summed E-state index contributed by atoms with van der Waals surface area (Å²) in [4.78, 5) is 28.2. The molecule has 0 unspecified atom stereocenters. The van der Waals surface area contributed by atoms with Crippen molar-refractivity contribution in [2.45, 2.75) is 35.7 Å². The lowest BCUT2D eigenvalue weighted by molar-refractivity contribution is 0.0981. The number of benzene rings is 4. The van der Waals surface area contributed by atoms with Crippen molar-refractivity contribution < 1.29 is 13.2 Å². The summed E-state index contributed by atoms with van der Waals surface area (Å²) in [6, 6.07) is 35.3. The van der Waals surface area contributed by atoms with Gasteiger partial charge in [0.25, 0.3) is 15.9 Å². The molecule has 2 heterocycles. The van der Waals surface area contributed by atoms with Crippen LogP contribution in [0.1, 0.15) is 27.9 Å². The number of hydrogen-bond acceptors (Lipinski definition) is 10. The molecule has 12 heteroatoms. The first-order chi connectivity index (χ1) is 26.9. The summed E-state index contributed by atoms with van der Waals surface area (Å²) >= 11 is 1.79. The standard InChI is InChI=1S/C44H53N7O3S2/c1-33-30-41(21-22-42(33)46-37(23-25-48(2)3)32-55-40-11-7-6-8-12-40)56(53,54)47-44(52)35-15-19-39(20-16-35)51-28-26-50(27-29-51)31-36-10-9-24-45-43(36)34-13-17-38(18-14-34)49(4)5/h6-22,24,30,37,46H,23,25-29,31-32H2,1-5H3,(H,47,52)/t37-/m1/s1. The Kier molecular flexibility index (Phi) is 13.7. The minimum atomic E-state index is -4.09. The van der Waals surface area contributed by atoms with Crippen LogP contribution in [0.5, 0.6) is 0 Å². The molecule has 0 bridgehead atoms. The zero-order chi connectivity index (χ0) is 39.7. The summed E-state index contributed by atoms with van der Waals surface area (Å²) in [5, 5.41) is 3.64. The van der Waals surface area contributed by atoms with Gasteiger partial charge in [0.15, 0.2) is 0 Å². The lowest BCUT2D eigenvalue weighted by atomic mass is 10.0. The van der Waals surface area contributed by atoms with Crippen molar-refractivity contribution in [1.29, 1.82) is 0 Å². The Hall–Kier alpha value is -4.88. The van der Waals surface area contributed by atoms with Crippen molar-refractivity contribution in [2.24, 2.45) is 0 Å². The van der Waals surface area contributed by atoms with E-state index in [1.165, 1.54) is 10.5 Å². The molecular weight excluding hydrogens is 739 g/mol. The number of piperazine rings is 1. The Bertz CT molecular complexity index is 2160. The number of thioether (sulfide) groups is 1. The number of nitrogens with one attached hydrogen (secondary N) is 2. The summed E-state index contributed by atoms with van der Waals surface area (Å²) in [6.07, 6.45) is 2.78. The van der Waals surface area contributed by atoms with Crippen LogP contribution in [0, 0.1) is 6.92 Å². The van der Waals surface area contributed by atoms with E-state index in [1.54, 1.807) is 42.1 Å². The van der Waals surface area contributed by atoms with Crippen molar-refractivity contribution in [1.82, 2.24) is 19.5 Å². The third-order valence-corrected chi connectivity index (χ3v) is 12.5. The predicted molar refractivity (Wildman–Crippen MR) is 232 cm³/mol. The maximum atomic E-state index is 13.4. The summed E-state index contributed by atoms with van der Waals surface area (Å²) in [5.41, 5.74) is 7.41. The number of aryl methyl sites for hydroxylation is 1. The molecule has 1 saturated heterocycles. The largest absolute Gasteiger partial charge is 0.381 e. The van der Waals surface area contributed by atoms with Gasteiger partial charge in [0.2, 0.25) is 0 Å². The monoisotopic (exact) mass is 791 g/mol. The second kappa shape index (κ2) is 18.8. The fraction of sp³-hybridized carbons (Fsp3) is 0.318. The summed E-state index contributed by atoms with van der Waals surface area (Å²) in [7, 11) is 4.10. The number of aromatic nitrogens is 1. The lowest BCUT2D eigenvalue weighted by Crippen LogP contribution is -2.46. The first-order valence-electron chi connectivity index (χ1n) is 19.0. The zero-order valence-electron chi connectivity index (χ0n) is 33.0. The number of pyridine rings is 1. The van der Waals surface area contributed by atoms with Gasteiger partial charge in [-0.1, -0.05) is 36.4 Å². The third kappa shape index (κ3) is 10.9. The van der Waals surface area contributed by atoms with Crippen LogP contribution in [0.4, 0.5) is 17.1 Å². The van der Waals surface area contributed by atoms with Crippen LogP contribution in [0.15, 0.2) is 125 Å². The number of sulfonamides is 1. The third-order valence-electron chi connectivity index (χ3n) is 10.0. The number of amides is 1. The number of carbonyl (C=O) groups is 1. The van der Waals surface area contributed by atoms with Crippen molar-refractivity contribution in [2.75, 3.05) is 81.8 Å². The maximum Gasteiger partial charge on any atom is 0.264 e. The molecule has 2 N–H and O–H groups in total. The quantitative estimate of drug-likeness (QED) is 0.101. The molecule has 1 amide bonds. The van der Waals surface area contributed by atoms with Gasteiger partial charge in [0, 0.05) is 97.9 Å². The van der Waals surface area contributed by atoms with Gasteiger partial charge in [-0.15, -0.1) is 11.8 Å². The minimum absolute atomic E-state index is 0.0486. The van der Waals surface area contributed by atoms with Gasteiger partial charge >= 0.3 is 0 Å². The highest BCUT2D eigenvalue weighted by Gasteiger charge is 2.22. The van der Waals surface area contributed by atoms with Crippen molar-refractivity contribution >= 4 is 44.8 Å². The van der Waals surface area contributed by atoms with Gasteiger partial charge in [-0.3, -0.25) is 14.7 Å². The molecule has 1 aliphatic rings. The van der Waals surface area contributed by atoms with Crippen LogP contribution in [0.3, 0.4) is 0 Å². The highest BCUT2D eigenvalue weighted by Crippen LogP contribution is 2.27. The molecule has 1 fully saturated rings. The van der Waals surface area contributed by atoms with Crippen molar-refractivity contribution in [3.63, 3.8) is 0 Å². The number of carbonyl (C=O) groups excluding carboxylic acids is 1. The van der Waals surface area contributed by atoms with Gasteiger partial charge < -0.3 is 20.0 Å². The van der Waals surface area contributed by atoms with Gasteiger partial charge in [-0.05, 0) is 118 Å². The maximum absolute atomic E-state index is 13.4. The Labute approximate surface area is 337 Å². The van der Waals surface area contributed by atoms with Gasteiger partial charge in [-0.2, -0.15) is 0 Å². The Balaban J connectivity index is 1.02. The second-order valence-electron chi connectivity index (χ2n) is 14.7. The summed E-state index contributed by atoms with van der Waals surface area (Å²) in [5.74, 6) is 0.203. The van der Waals surface area contributed by atoms with Crippen LogP contribution in [-0.2, 0) is 16.6 Å². The molecule has 56 heavy (non-hydrogen) atoms. The Morgan fingerprint density at radius 3 is 2.23 bits per heavy atom. The first kappa shape index (κ1) is 40.8. The first-order valence-corrected chi connectivity index (χ1v) is 21.5. The van der Waals surface area contributed by atoms with Crippen LogP contribution in [0.2, 0.25) is 0 Å². The summed E-state index contributed by atoms with van der Waals surface area (Å²) in [6.45, 7) is 7.04. The smallest absolute Gasteiger partial charge is 0.264 e. The zero-order valence-corrected chi connectivity index (χ0v) is 34.6. The van der Waals surface area contributed by atoms with Crippen LogP contribution in [-0.4, -0.2) is 102 Å². The van der Waals surface area contributed by atoms with E-state index >= 15 is 0 Å². The molecule has 0 radical (unpaired) electrons. The van der Waals surface area contributed by atoms with Gasteiger partial charge in [0.1, 0.15) is 0 Å². The van der Waals surface area contributed by atoms with Crippen LogP contribution in [0.25, 0.3) is 11.3 Å². The average molecular weight is 792 g/mol. The van der Waals surface area contributed by atoms with E-state index < -0.39 is 15.9 Å². The van der Waals surface area contributed by atoms with E-state index in [9.17, 15) is 13.2 Å². The molecule has 1 aliphatic heterocycles. The number of anilines is 3. The molecule has 6 rings (SSSR count). The lowest BCUT2D eigenvalue weighted by Gasteiger charge is -2.36. The SMILES string of the molecule is Cc1cc(S(=O)(=O)NC(=O)c2ccc(N3CCN(Cc4cccnc4-c4ccc(N(C)C)cc4)CC3)cc2)ccc1N[C@H](CCN(C)C)CSc1ccccc1. The van der Waals surface area contributed by atoms with Crippen molar-refractivity contribution in [3.05, 3.63) is 132 Å². The van der Waals surface area contributed by atoms with Crippen LogP contribution >= 0.6 is 11.8 Å². The molecule has 5 aromatic rings. The van der Waals surface area contributed by atoms with Crippen molar-refractivity contribution in [3.8, 4) is 11.3 Å². The molecule has 4 aromatic carbocycles. The number of rotatable bonds is 16. The predicted octanol–water partition coefficient (Wildman–Crippen LogP) is 7.09. The molecule has 1 aromatic heterocycles. The molecule has 0 aliphatic carbocycles. The normalized spacial score (nSPS) is 14.1. The van der Waals surface area contributed by atoms with E-state index in [0.29, 0.717) is 0 Å². The highest BCUT2D eigenvalue weighted by atomic mass is 32.2. The van der Waals surface area contributed by atoms with E-state index in [0.717, 1.165) is 85.3 Å². The Morgan fingerprint density at radius 2 is 1.57 bits per heavy atom. The minimum Gasteiger partial charge on any atom is -0.381 e. The van der Waals surface area contributed by atoms with Crippen LogP contribution < -0.4 is 19.8 Å². The van der Waals surface area contributed by atoms with E-state index in [1.807, 2.05) is 63.6 Å². The number of hydrogen-bond donors (Lipinski definition) is 2. The topological polar surface area (TPSA) is 101 Å². The molecule has 10 nitrogen and oxygen atoms in total. The Morgan fingerprint density at radius 1 is 0.857 bits per heavy atom. The molecule has 0 saturated carbocycles. The van der Waals surface area contributed by atoms with E-state index in [4.69, 9.17) is 4.98 Å². The highest BCUT2D eigenvalue weighted by molar-refractivity contribution is 7.99. The number of nitrogens with zero attached hydrogens (tertiary/aromatic N) is 5. The molecule has 294 valence electrons. The second-order valence-corrected chi connectivity index (χ2v) is 17.5. The van der Waals surface area contributed by atoms with E-state index in [2.05, 4.69) is 86.2 Å². The molecular formula is C44H53N7O3S2. The van der Waals surface area contributed by atoms with E-state index in [-0.39, 0.29) is 16.5 Å². The fourth-order valence-corrected chi connectivity index (χ4v) is 8.77.